The summed E-state index contributed by atoms with van der Waals surface area (Å²) in [5.41, 5.74) is 3.61. The highest BCUT2D eigenvalue weighted by Crippen LogP contribution is 2.24. The minimum absolute atomic E-state index is 0.112. The van der Waals surface area contributed by atoms with Gasteiger partial charge in [-0.1, -0.05) is 55.8 Å². The van der Waals surface area contributed by atoms with Crippen LogP contribution in [0.5, 0.6) is 0 Å². The Hall–Kier alpha value is -3.19. The maximum Gasteiger partial charge on any atom is 0.254 e. The van der Waals surface area contributed by atoms with Gasteiger partial charge in [0.2, 0.25) is 0 Å². The standard InChI is InChI=1S/C30H35FN2O3S/c1-3-4-8-24-12-14-25(15-13-24)22-37(35,36)26-16-11-23(2)27(21-26)30(34)33-18-7-17-32(19-20-33)29-10-6-5-9-28(29)31/h5-6,9-16,21H,3-4,7-8,17-20,22H2,1-2H3. The first-order valence-electron chi connectivity index (χ1n) is 13.0. The number of anilines is 1. The molecule has 1 aliphatic rings. The SMILES string of the molecule is CCCCc1ccc(CS(=O)(=O)c2ccc(C)c(C(=O)N3CCCN(c4ccccc4F)CC3)c2)cc1. The number of aryl methyl sites for hydroxylation is 2. The number of unbranched alkanes of at least 4 members (excludes halogenated alkanes) is 1. The number of carbonyl (C=O) groups is 1. The first-order valence-corrected chi connectivity index (χ1v) is 14.6. The lowest BCUT2D eigenvalue weighted by molar-refractivity contribution is 0.0766. The monoisotopic (exact) mass is 522 g/mol. The first-order chi connectivity index (χ1) is 17.8. The summed E-state index contributed by atoms with van der Waals surface area (Å²) in [6, 6.07) is 19.2. The van der Waals surface area contributed by atoms with E-state index in [1.807, 2.05) is 42.2 Å². The molecule has 37 heavy (non-hydrogen) atoms. The third-order valence-electron chi connectivity index (χ3n) is 6.97. The van der Waals surface area contributed by atoms with E-state index in [0.717, 1.165) is 30.4 Å². The van der Waals surface area contributed by atoms with Crippen molar-refractivity contribution < 1.29 is 17.6 Å². The van der Waals surface area contributed by atoms with E-state index in [9.17, 15) is 17.6 Å². The molecular formula is C30H35FN2O3S. The molecule has 196 valence electrons. The number of hydrogen-bond acceptors (Lipinski definition) is 4. The molecule has 3 aromatic rings. The van der Waals surface area contributed by atoms with Gasteiger partial charge in [0.05, 0.1) is 16.3 Å². The van der Waals surface area contributed by atoms with Gasteiger partial charge in [-0.05, 0) is 67.1 Å². The lowest BCUT2D eigenvalue weighted by atomic mass is 10.1. The van der Waals surface area contributed by atoms with Crippen LogP contribution >= 0.6 is 0 Å². The van der Waals surface area contributed by atoms with Gasteiger partial charge >= 0.3 is 0 Å². The summed E-state index contributed by atoms with van der Waals surface area (Å²) in [4.78, 5) is 17.3. The van der Waals surface area contributed by atoms with E-state index in [1.54, 1.807) is 29.2 Å². The molecule has 0 saturated carbocycles. The van der Waals surface area contributed by atoms with Crippen molar-refractivity contribution in [1.82, 2.24) is 4.90 Å². The number of para-hydroxylation sites is 1. The van der Waals surface area contributed by atoms with Crippen molar-refractivity contribution in [3.05, 3.63) is 94.8 Å². The second-order valence-corrected chi connectivity index (χ2v) is 11.7. The molecule has 1 fully saturated rings. The number of halogens is 1. The topological polar surface area (TPSA) is 57.7 Å². The van der Waals surface area contributed by atoms with Crippen LogP contribution < -0.4 is 4.90 Å². The Bertz CT molecular complexity index is 1340. The molecule has 5 nitrogen and oxygen atoms in total. The van der Waals surface area contributed by atoms with Crippen LogP contribution in [0.15, 0.2) is 71.6 Å². The molecule has 1 heterocycles. The van der Waals surface area contributed by atoms with Gasteiger partial charge in [-0.25, -0.2) is 12.8 Å². The molecule has 0 unspecified atom stereocenters. The molecule has 4 rings (SSSR count). The summed E-state index contributed by atoms with van der Waals surface area (Å²) in [6.07, 6.45) is 3.91. The van der Waals surface area contributed by atoms with Crippen LogP contribution in [-0.4, -0.2) is 45.4 Å². The van der Waals surface area contributed by atoms with E-state index in [0.29, 0.717) is 43.9 Å². The van der Waals surface area contributed by atoms with E-state index in [1.165, 1.54) is 17.7 Å². The predicted octanol–water partition coefficient (Wildman–Crippen LogP) is 5.80. The minimum atomic E-state index is -3.62. The Balaban J connectivity index is 1.48. The molecule has 0 aliphatic carbocycles. The van der Waals surface area contributed by atoms with Crippen molar-refractivity contribution in [3.63, 3.8) is 0 Å². The average molecular weight is 523 g/mol. The highest BCUT2D eigenvalue weighted by atomic mass is 32.2. The maximum absolute atomic E-state index is 14.3. The Morgan fingerprint density at radius 3 is 2.38 bits per heavy atom. The van der Waals surface area contributed by atoms with Gasteiger partial charge in [0.1, 0.15) is 5.82 Å². The van der Waals surface area contributed by atoms with Crippen molar-refractivity contribution in [3.8, 4) is 0 Å². The van der Waals surface area contributed by atoms with Gasteiger partial charge in [-0.15, -0.1) is 0 Å². The molecule has 0 atom stereocenters. The molecule has 0 N–H and O–H groups in total. The Labute approximate surface area is 219 Å². The fraction of sp³-hybridized carbons (Fsp3) is 0.367. The number of sulfone groups is 1. The lowest BCUT2D eigenvalue weighted by Gasteiger charge is -2.24. The summed E-state index contributed by atoms with van der Waals surface area (Å²) in [7, 11) is -3.62. The zero-order valence-corrected chi connectivity index (χ0v) is 22.4. The van der Waals surface area contributed by atoms with Gasteiger partial charge in [0.25, 0.3) is 5.91 Å². The predicted molar refractivity (Wildman–Crippen MR) is 146 cm³/mol. The van der Waals surface area contributed by atoms with E-state index in [-0.39, 0.29) is 22.4 Å². The van der Waals surface area contributed by atoms with Crippen molar-refractivity contribution in [1.29, 1.82) is 0 Å². The Morgan fingerprint density at radius 1 is 0.919 bits per heavy atom. The molecule has 0 spiro atoms. The summed E-state index contributed by atoms with van der Waals surface area (Å²) in [6.45, 7) is 6.10. The molecule has 1 saturated heterocycles. The van der Waals surface area contributed by atoms with Crippen LogP contribution in [-0.2, 0) is 22.0 Å². The third-order valence-corrected chi connectivity index (χ3v) is 8.66. The number of nitrogens with zero attached hydrogens (tertiary/aromatic N) is 2. The molecule has 7 heteroatoms. The first kappa shape index (κ1) is 26.9. The van der Waals surface area contributed by atoms with Crippen LogP contribution in [0, 0.1) is 12.7 Å². The van der Waals surface area contributed by atoms with Gasteiger partial charge in [0.15, 0.2) is 9.84 Å². The summed E-state index contributed by atoms with van der Waals surface area (Å²) >= 11 is 0. The van der Waals surface area contributed by atoms with E-state index < -0.39 is 9.84 Å². The van der Waals surface area contributed by atoms with E-state index in [2.05, 4.69) is 6.92 Å². The normalized spacial score (nSPS) is 14.5. The minimum Gasteiger partial charge on any atom is -0.367 e. The largest absolute Gasteiger partial charge is 0.367 e. The van der Waals surface area contributed by atoms with Gasteiger partial charge in [-0.2, -0.15) is 0 Å². The van der Waals surface area contributed by atoms with Crippen molar-refractivity contribution >= 4 is 21.4 Å². The smallest absolute Gasteiger partial charge is 0.254 e. The van der Waals surface area contributed by atoms with Gasteiger partial charge in [0, 0.05) is 31.7 Å². The molecule has 1 aliphatic heterocycles. The van der Waals surface area contributed by atoms with E-state index >= 15 is 0 Å². The molecule has 0 bridgehead atoms. The van der Waals surface area contributed by atoms with Crippen molar-refractivity contribution in [2.24, 2.45) is 0 Å². The van der Waals surface area contributed by atoms with Crippen LogP contribution in [0.25, 0.3) is 0 Å². The van der Waals surface area contributed by atoms with E-state index in [4.69, 9.17) is 0 Å². The fourth-order valence-corrected chi connectivity index (χ4v) is 6.12. The number of hydrogen-bond donors (Lipinski definition) is 0. The summed E-state index contributed by atoms with van der Waals surface area (Å²) in [5.74, 6) is -0.573. The Kier molecular flexibility index (Phi) is 8.64. The lowest BCUT2D eigenvalue weighted by Crippen LogP contribution is -2.35. The zero-order valence-electron chi connectivity index (χ0n) is 21.6. The highest BCUT2D eigenvalue weighted by molar-refractivity contribution is 7.90. The highest BCUT2D eigenvalue weighted by Gasteiger charge is 2.25. The molecular weight excluding hydrogens is 487 g/mol. The second-order valence-electron chi connectivity index (χ2n) is 9.74. The number of benzene rings is 3. The van der Waals surface area contributed by atoms with Crippen LogP contribution in [0.2, 0.25) is 0 Å². The van der Waals surface area contributed by atoms with Crippen LogP contribution in [0.4, 0.5) is 10.1 Å². The van der Waals surface area contributed by atoms with Gasteiger partial charge < -0.3 is 9.80 Å². The molecule has 0 radical (unpaired) electrons. The van der Waals surface area contributed by atoms with Crippen LogP contribution in [0.3, 0.4) is 0 Å². The van der Waals surface area contributed by atoms with Crippen molar-refractivity contribution in [2.45, 2.75) is 50.2 Å². The quantitative estimate of drug-likeness (QED) is 0.375. The molecule has 3 aromatic carbocycles. The maximum atomic E-state index is 14.3. The van der Waals surface area contributed by atoms with Crippen LogP contribution in [0.1, 0.15) is 53.2 Å². The number of amides is 1. The summed E-state index contributed by atoms with van der Waals surface area (Å²) < 4.78 is 40.8. The number of rotatable bonds is 8. The third kappa shape index (κ3) is 6.58. The second kappa shape index (κ2) is 11.9. The molecule has 0 aromatic heterocycles. The number of carbonyl (C=O) groups excluding carboxylic acids is 1. The fourth-order valence-electron chi connectivity index (χ4n) is 4.75. The van der Waals surface area contributed by atoms with Crippen molar-refractivity contribution in [2.75, 3.05) is 31.1 Å². The van der Waals surface area contributed by atoms with Gasteiger partial charge in [-0.3, -0.25) is 4.79 Å². The Morgan fingerprint density at radius 2 is 1.65 bits per heavy atom. The summed E-state index contributed by atoms with van der Waals surface area (Å²) in [5, 5.41) is 0. The zero-order chi connectivity index (χ0) is 26.4. The molecule has 1 amide bonds. The average Bonchev–Trinajstić information content (AvgIpc) is 3.14.